The van der Waals surface area contributed by atoms with Crippen molar-refractivity contribution in [2.75, 3.05) is 21.7 Å². The molecule has 128 valence electrons. The molecule has 0 radical (unpaired) electrons. The monoisotopic (exact) mass is 342 g/mol. The Bertz CT molecular complexity index is 996. The molecule has 5 nitrogen and oxygen atoms in total. The second-order valence-corrected chi connectivity index (χ2v) is 5.95. The van der Waals surface area contributed by atoms with E-state index in [1.165, 1.54) is 0 Å². The molecule has 1 aliphatic heterocycles. The zero-order valence-corrected chi connectivity index (χ0v) is 14.0. The number of amides is 1. The molecule has 0 saturated heterocycles. The molecule has 0 saturated carbocycles. The van der Waals surface area contributed by atoms with Crippen molar-refractivity contribution < 1.29 is 4.79 Å². The highest BCUT2D eigenvalue weighted by atomic mass is 16.2. The molecule has 5 heteroatoms. The minimum Gasteiger partial charge on any atom is -0.397 e. The highest BCUT2D eigenvalue weighted by Crippen LogP contribution is 2.32. The van der Waals surface area contributed by atoms with Crippen LogP contribution in [-0.4, -0.2) is 5.91 Å². The minimum absolute atomic E-state index is 0.204. The molecule has 1 heterocycles. The van der Waals surface area contributed by atoms with Crippen molar-refractivity contribution in [3.63, 3.8) is 0 Å². The van der Waals surface area contributed by atoms with Crippen LogP contribution in [0.1, 0.15) is 5.56 Å². The van der Waals surface area contributed by atoms with Gasteiger partial charge in [0.2, 0.25) is 0 Å². The first kappa shape index (κ1) is 15.8. The Morgan fingerprint density at radius 2 is 1.38 bits per heavy atom. The van der Waals surface area contributed by atoms with Crippen molar-refractivity contribution in [1.82, 2.24) is 0 Å². The van der Waals surface area contributed by atoms with Gasteiger partial charge < -0.3 is 21.7 Å². The molecule has 0 aliphatic carbocycles. The summed E-state index contributed by atoms with van der Waals surface area (Å²) < 4.78 is 0. The van der Waals surface area contributed by atoms with Crippen LogP contribution in [0.2, 0.25) is 0 Å². The summed E-state index contributed by atoms with van der Waals surface area (Å²) in [5.41, 5.74) is 11.0. The van der Waals surface area contributed by atoms with E-state index in [2.05, 4.69) is 16.0 Å². The van der Waals surface area contributed by atoms with Crippen LogP contribution in [-0.2, 0) is 4.79 Å². The predicted octanol–water partition coefficient (Wildman–Crippen LogP) is 4.11. The smallest absolute Gasteiger partial charge is 0.274 e. The Morgan fingerprint density at radius 1 is 0.769 bits per heavy atom. The number of para-hydroxylation sites is 4. The summed E-state index contributed by atoms with van der Waals surface area (Å²) in [5.74, 6) is -0.204. The lowest BCUT2D eigenvalue weighted by Crippen LogP contribution is -2.28. The molecule has 0 atom stereocenters. The number of benzene rings is 3. The van der Waals surface area contributed by atoms with Gasteiger partial charge in [-0.2, -0.15) is 0 Å². The summed E-state index contributed by atoms with van der Waals surface area (Å²) in [5, 5.41) is 9.51. The largest absolute Gasteiger partial charge is 0.397 e. The molecule has 0 bridgehead atoms. The summed E-state index contributed by atoms with van der Waals surface area (Å²) >= 11 is 0. The summed E-state index contributed by atoms with van der Waals surface area (Å²) in [6, 6.07) is 24.8. The van der Waals surface area contributed by atoms with E-state index in [9.17, 15) is 4.79 Å². The first-order valence-electron chi connectivity index (χ1n) is 8.31. The molecule has 0 fully saturated rings. The van der Waals surface area contributed by atoms with E-state index in [1.807, 2.05) is 78.9 Å². The standard InChI is InChI=1S/C21H18N4O/c22-15-10-4-5-11-16(15)23-19(14-8-2-1-3-9-14)20-21(26)25-18-13-7-6-12-17(18)24-20/h1-13,23-24H,22H2,(H,25,26)/b20-19+. The Balaban J connectivity index is 1.84. The lowest BCUT2D eigenvalue weighted by Gasteiger charge is -2.25. The maximum Gasteiger partial charge on any atom is 0.274 e. The molecule has 1 aliphatic rings. The van der Waals surface area contributed by atoms with E-state index in [4.69, 9.17) is 5.73 Å². The summed E-state index contributed by atoms with van der Waals surface area (Å²) in [7, 11) is 0. The van der Waals surface area contributed by atoms with Crippen molar-refractivity contribution in [2.45, 2.75) is 0 Å². The molecule has 3 aromatic rings. The average Bonchev–Trinajstić information content (AvgIpc) is 2.68. The van der Waals surface area contributed by atoms with E-state index in [1.54, 1.807) is 0 Å². The van der Waals surface area contributed by atoms with Crippen LogP contribution in [0.5, 0.6) is 0 Å². The van der Waals surface area contributed by atoms with Gasteiger partial charge in [-0.25, -0.2) is 0 Å². The molecule has 1 amide bonds. The van der Waals surface area contributed by atoms with Gasteiger partial charge in [-0.05, 0) is 24.3 Å². The summed E-state index contributed by atoms with van der Waals surface area (Å²) in [4.78, 5) is 12.7. The highest BCUT2D eigenvalue weighted by Gasteiger charge is 2.24. The zero-order valence-electron chi connectivity index (χ0n) is 14.0. The van der Waals surface area contributed by atoms with Crippen molar-refractivity contribution in [3.05, 3.63) is 90.1 Å². The van der Waals surface area contributed by atoms with E-state index < -0.39 is 0 Å². The maximum atomic E-state index is 12.7. The minimum atomic E-state index is -0.204. The number of nitrogen functional groups attached to an aromatic ring is 1. The second kappa shape index (κ2) is 6.64. The molecular weight excluding hydrogens is 324 g/mol. The van der Waals surface area contributed by atoms with Gasteiger partial charge >= 0.3 is 0 Å². The molecule has 0 unspecified atom stereocenters. The van der Waals surface area contributed by atoms with Gasteiger partial charge in [0.15, 0.2) is 0 Å². The van der Waals surface area contributed by atoms with Crippen LogP contribution in [0, 0.1) is 0 Å². The Labute approximate surface area is 151 Å². The summed E-state index contributed by atoms with van der Waals surface area (Å²) in [6.45, 7) is 0. The van der Waals surface area contributed by atoms with Crippen molar-refractivity contribution in [3.8, 4) is 0 Å². The summed E-state index contributed by atoms with van der Waals surface area (Å²) in [6.07, 6.45) is 0. The molecule has 3 aromatic carbocycles. The fourth-order valence-corrected chi connectivity index (χ4v) is 2.88. The Kier molecular flexibility index (Phi) is 4.03. The van der Waals surface area contributed by atoms with Crippen LogP contribution >= 0.6 is 0 Å². The van der Waals surface area contributed by atoms with Crippen LogP contribution in [0.25, 0.3) is 5.70 Å². The molecule has 4 rings (SSSR count). The van der Waals surface area contributed by atoms with Crippen molar-refractivity contribution in [2.24, 2.45) is 0 Å². The first-order valence-corrected chi connectivity index (χ1v) is 8.31. The Morgan fingerprint density at radius 3 is 2.12 bits per heavy atom. The number of nitrogens with one attached hydrogen (secondary N) is 3. The predicted molar refractivity (Wildman–Crippen MR) is 107 cm³/mol. The highest BCUT2D eigenvalue weighted by molar-refractivity contribution is 6.16. The fraction of sp³-hybridized carbons (Fsp3) is 0. The normalized spacial score (nSPS) is 14.7. The van der Waals surface area contributed by atoms with Gasteiger partial charge in [-0.1, -0.05) is 54.6 Å². The Hall–Kier alpha value is -3.73. The van der Waals surface area contributed by atoms with Gasteiger partial charge in [-0.15, -0.1) is 0 Å². The lowest BCUT2D eigenvalue weighted by atomic mass is 10.1. The third-order valence-electron chi connectivity index (χ3n) is 4.19. The quantitative estimate of drug-likeness (QED) is 0.426. The molecular formula is C21H18N4O. The molecule has 0 spiro atoms. The van der Waals surface area contributed by atoms with Crippen LogP contribution in [0.4, 0.5) is 22.7 Å². The van der Waals surface area contributed by atoms with E-state index >= 15 is 0 Å². The van der Waals surface area contributed by atoms with Gasteiger partial charge in [0.1, 0.15) is 5.70 Å². The van der Waals surface area contributed by atoms with Gasteiger partial charge in [0, 0.05) is 5.56 Å². The van der Waals surface area contributed by atoms with E-state index in [0.717, 1.165) is 22.6 Å². The van der Waals surface area contributed by atoms with Crippen LogP contribution in [0.15, 0.2) is 84.6 Å². The SMILES string of the molecule is Nc1ccccc1N/C(=C1/Nc2ccccc2NC1=O)c1ccccc1. The number of carbonyl (C=O) groups is 1. The fourth-order valence-electron chi connectivity index (χ4n) is 2.88. The van der Waals surface area contributed by atoms with Crippen molar-refractivity contribution >= 4 is 34.4 Å². The van der Waals surface area contributed by atoms with Crippen LogP contribution < -0.4 is 21.7 Å². The third kappa shape index (κ3) is 2.98. The van der Waals surface area contributed by atoms with E-state index in [0.29, 0.717) is 17.1 Å². The number of rotatable bonds is 3. The zero-order chi connectivity index (χ0) is 17.9. The van der Waals surface area contributed by atoms with E-state index in [-0.39, 0.29) is 5.91 Å². The van der Waals surface area contributed by atoms with Gasteiger partial charge in [0.05, 0.1) is 28.4 Å². The maximum absolute atomic E-state index is 12.7. The van der Waals surface area contributed by atoms with Crippen molar-refractivity contribution in [1.29, 1.82) is 0 Å². The number of carbonyl (C=O) groups excluding carboxylic acids is 1. The number of hydrogen-bond donors (Lipinski definition) is 4. The molecule has 0 aromatic heterocycles. The topological polar surface area (TPSA) is 79.2 Å². The number of anilines is 4. The van der Waals surface area contributed by atoms with Gasteiger partial charge in [0.25, 0.3) is 5.91 Å². The number of hydrogen-bond acceptors (Lipinski definition) is 4. The number of nitrogens with two attached hydrogens (primary N) is 1. The first-order chi connectivity index (χ1) is 12.7. The molecule has 26 heavy (non-hydrogen) atoms. The molecule has 5 N–H and O–H groups in total. The third-order valence-corrected chi connectivity index (χ3v) is 4.19. The lowest BCUT2D eigenvalue weighted by molar-refractivity contribution is -0.112. The average molecular weight is 342 g/mol. The number of fused-ring (bicyclic) bond motifs is 1. The van der Waals surface area contributed by atoms with Gasteiger partial charge in [-0.3, -0.25) is 4.79 Å². The second-order valence-electron chi connectivity index (χ2n) is 5.95. The van der Waals surface area contributed by atoms with Crippen LogP contribution in [0.3, 0.4) is 0 Å².